The van der Waals surface area contributed by atoms with Crippen LogP contribution in [0.5, 0.6) is 0 Å². The van der Waals surface area contributed by atoms with Crippen LogP contribution in [0, 0.1) is 0 Å². The number of carbonyl (C=O) groups excluding carboxylic acids is 3. The monoisotopic (exact) mass is 273 g/mol. The van der Waals surface area contributed by atoms with Crippen LogP contribution in [-0.2, 0) is 28.7 Å². The van der Waals surface area contributed by atoms with Crippen molar-refractivity contribution in [2.24, 2.45) is 0 Å². The highest BCUT2D eigenvalue weighted by molar-refractivity contribution is 6.01. The van der Waals surface area contributed by atoms with Crippen molar-refractivity contribution < 1.29 is 28.7 Å². The molecule has 0 aromatic rings. The Morgan fingerprint density at radius 3 is 2.37 bits per heavy atom. The Morgan fingerprint density at radius 2 is 1.74 bits per heavy atom. The third-order valence-electron chi connectivity index (χ3n) is 2.54. The lowest BCUT2D eigenvalue weighted by atomic mass is 10.3. The van der Waals surface area contributed by atoms with Gasteiger partial charge in [-0.1, -0.05) is 0 Å². The smallest absolute Gasteiger partial charge is 0.335 e. The maximum Gasteiger partial charge on any atom is 0.335 e. The molecule has 7 nitrogen and oxygen atoms in total. The van der Waals surface area contributed by atoms with E-state index in [2.05, 4.69) is 4.84 Å². The van der Waals surface area contributed by atoms with Crippen molar-refractivity contribution in [3.05, 3.63) is 0 Å². The molecule has 0 atom stereocenters. The number of hydrogen-bond donors (Lipinski definition) is 0. The van der Waals surface area contributed by atoms with Gasteiger partial charge in [0.05, 0.1) is 13.0 Å². The highest BCUT2D eigenvalue weighted by atomic mass is 16.7. The first kappa shape index (κ1) is 15.6. The summed E-state index contributed by atoms with van der Waals surface area (Å²) < 4.78 is 10.1. The van der Waals surface area contributed by atoms with Crippen LogP contribution in [0.2, 0.25) is 0 Å². The predicted molar refractivity (Wildman–Crippen MR) is 63.7 cm³/mol. The van der Waals surface area contributed by atoms with Gasteiger partial charge < -0.3 is 14.3 Å². The van der Waals surface area contributed by atoms with Crippen molar-refractivity contribution >= 4 is 17.8 Å². The molecule has 0 aromatic heterocycles. The Bertz CT molecular complexity index is 314. The molecule has 0 aliphatic carbocycles. The van der Waals surface area contributed by atoms with Crippen molar-refractivity contribution in [2.75, 3.05) is 26.9 Å². The molecule has 7 heteroatoms. The molecular formula is C12H19NO6. The molecule has 1 saturated heterocycles. The van der Waals surface area contributed by atoms with Gasteiger partial charge in [0.25, 0.3) is 11.8 Å². The highest BCUT2D eigenvalue weighted by Crippen LogP contribution is 2.12. The molecule has 0 aromatic carbocycles. The second kappa shape index (κ2) is 8.60. The Kier molecular flexibility index (Phi) is 7.06. The highest BCUT2D eigenvalue weighted by Gasteiger charge is 2.32. The number of methoxy groups -OCH3 is 1. The number of hydrogen-bond acceptors (Lipinski definition) is 6. The van der Waals surface area contributed by atoms with Crippen LogP contribution in [0.4, 0.5) is 0 Å². The van der Waals surface area contributed by atoms with Crippen LogP contribution in [0.25, 0.3) is 0 Å². The Morgan fingerprint density at radius 1 is 1.11 bits per heavy atom. The first-order valence-electron chi connectivity index (χ1n) is 6.28. The summed E-state index contributed by atoms with van der Waals surface area (Å²) in [5.74, 6) is -1.59. The van der Waals surface area contributed by atoms with E-state index in [1.807, 2.05) is 0 Å². The SMILES string of the molecule is COCCCCOCCC(=O)ON1C(=O)CCC1=O. The van der Waals surface area contributed by atoms with Crippen LogP contribution < -0.4 is 0 Å². The largest absolute Gasteiger partial charge is 0.385 e. The fourth-order valence-electron chi connectivity index (χ4n) is 1.51. The second-order valence-electron chi connectivity index (χ2n) is 4.11. The van der Waals surface area contributed by atoms with Crippen molar-refractivity contribution in [2.45, 2.75) is 32.1 Å². The lowest BCUT2D eigenvalue weighted by Crippen LogP contribution is -2.32. The fourth-order valence-corrected chi connectivity index (χ4v) is 1.51. The minimum absolute atomic E-state index is 0.0152. The van der Waals surface area contributed by atoms with Crippen molar-refractivity contribution in [3.63, 3.8) is 0 Å². The zero-order chi connectivity index (χ0) is 14.1. The second-order valence-corrected chi connectivity index (χ2v) is 4.11. The molecule has 1 aliphatic rings. The first-order chi connectivity index (χ1) is 9.15. The lowest BCUT2D eigenvalue weighted by molar-refractivity contribution is -0.198. The summed E-state index contributed by atoms with van der Waals surface area (Å²) in [7, 11) is 1.64. The number of ether oxygens (including phenoxy) is 2. The summed E-state index contributed by atoms with van der Waals surface area (Å²) in [6, 6.07) is 0. The van der Waals surface area contributed by atoms with Gasteiger partial charge in [0.15, 0.2) is 0 Å². The van der Waals surface area contributed by atoms with E-state index in [9.17, 15) is 14.4 Å². The summed E-state index contributed by atoms with van der Waals surface area (Å²) in [6.45, 7) is 1.44. The molecule has 0 radical (unpaired) electrons. The van der Waals surface area contributed by atoms with Crippen molar-refractivity contribution in [1.29, 1.82) is 0 Å². The summed E-state index contributed by atoms with van der Waals surface area (Å²) >= 11 is 0. The molecule has 2 amide bonds. The third kappa shape index (κ3) is 5.80. The summed E-state index contributed by atoms with van der Waals surface area (Å²) in [5, 5.41) is 0.543. The van der Waals surface area contributed by atoms with Gasteiger partial charge >= 0.3 is 5.97 Å². The molecule has 1 fully saturated rings. The average molecular weight is 273 g/mol. The lowest BCUT2D eigenvalue weighted by Gasteiger charge is -2.12. The van der Waals surface area contributed by atoms with E-state index in [4.69, 9.17) is 9.47 Å². The summed E-state index contributed by atoms with van der Waals surface area (Å²) in [4.78, 5) is 38.4. The molecule has 0 N–H and O–H groups in total. The number of rotatable bonds is 9. The van der Waals surface area contributed by atoms with Gasteiger partial charge in [-0.05, 0) is 12.8 Å². The number of hydroxylamine groups is 2. The van der Waals surface area contributed by atoms with Gasteiger partial charge in [-0.2, -0.15) is 0 Å². The van der Waals surface area contributed by atoms with E-state index < -0.39 is 17.8 Å². The van der Waals surface area contributed by atoms with Crippen LogP contribution in [0.1, 0.15) is 32.1 Å². The number of unbranched alkanes of at least 4 members (excludes halogenated alkanes) is 1. The molecule has 0 saturated carbocycles. The first-order valence-corrected chi connectivity index (χ1v) is 6.28. The molecule has 1 aliphatic heterocycles. The fraction of sp³-hybridized carbons (Fsp3) is 0.750. The maximum absolute atomic E-state index is 11.4. The Labute approximate surface area is 111 Å². The topological polar surface area (TPSA) is 82.1 Å². The maximum atomic E-state index is 11.4. The van der Waals surface area contributed by atoms with Gasteiger partial charge in [-0.25, -0.2) is 4.79 Å². The van der Waals surface area contributed by atoms with Crippen molar-refractivity contribution in [1.82, 2.24) is 5.06 Å². The molecular weight excluding hydrogens is 254 g/mol. The van der Waals surface area contributed by atoms with E-state index in [0.717, 1.165) is 12.8 Å². The van der Waals surface area contributed by atoms with Gasteiger partial charge in [-0.15, -0.1) is 5.06 Å². The van der Waals surface area contributed by atoms with Crippen LogP contribution in [-0.4, -0.2) is 49.8 Å². The normalized spacial score (nSPS) is 15.1. The molecule has 0 unspecified atom stereocenters. The number of nitrogens with zero attached hydrogens (tertiary/aromatic N) is 1. The van der Waals surface area contributed by atoms with E-state index in [-0.39, 0.29) is 25.9 Å². The van der Waals surface area contributed by atoms with E-state index in [0.29, 0.717) is 18.3 Å². The Balaban J connectivity index is 2.05. The van der Waals surface area contributed by atoms with Crippen LogP contribution in [0.15, 0.2) is 0 Å². The summed E-state index contributed by atoms with van der Waals surface area (Å²) in [5.41, 5.74) is 0. The average Bonchev–Trinajstić information content (AvgIpc) is 2.69. The standard InChI is InChI=1S/C12H19NO6/c1-17-7-2-3-8-18-9-6-12(16)19-13-10(14)4-5-11(13)15/h2-9H2,1H3. The minimum atomic E-state index is -0.638. The Hall–Kier alpha value is -1.47. The molecule has 0 bridgehead atoms. The number of amides is 2. The number of imide groups is 1. The van der Waals surface area contributed by atoms with Crippen LogP contribution >= 0.6 is 0 Å². The molecule has 1 rings (SSSR count). The molecule has 19 heavy (non-hydrogen) atoms. The molecule has 108 valence electrons. The van der Waals surface area contributed by atoms with Gasteiger partial charge in [-0.3, -0.25) is 9.59 Å². The predicted octanol–water partition coefficient (Wildman–Crippen LogP) is 0.427. The van der Waals surface area contributed by atoms with E-state index in [1.165, 1.54) is 0 Å². The van der Waals surface area contributed by atoms with E-state index in [1.54, 1.807) is 7.11 Å². The summed E-state index contributed by atoms with van der Waals surface area (Å²) in [6.07, 6.45) is 1.97. The zero-order valence-corrected chi connectivity index (χ0v) is 11.1. The molecule has 1 heterocycles. The number of carbonyl (C=O) groups is 3. The van der Waals surface area contributed by atoms with Crippen molar-refractivity contribution in [3.8, 4) is 0 Å². The zero-order valence-electron chi connectivity index (χ0n) is 11.1. The molecule has 0 spiro atoms. The quantitative estimate of drug-likeness (QED) is 0.447. The van der Waals surface area contributed by atoms with Gasteiger partial charge in [0.1, 0.15) is 0 Å². The van der Waals surface area contributed by atoms with Gasteiger partial charge in [0, 0.05) is 33.2 Å². The minimum Gasteiger partial charge on any atom is -0.385 e. The van der Waals surface area contributed by atoms with Crippen LogP contribution in [0.3, 0.4) is 0 Å². The van der Waals surface area contributed by atoms with E-state index >= 15 is 0 Å². The third-order valence-corrected chi connectivity index (χ3v) is 2.54. The van der Waals surface area contributed by atoms with Gasteiger partial charge in [0.2, 0.25) is 0 Å².